The fourth-order valence-corrected chi connectivity index (χ4v) is 3.25. The van der Waals surface area contributed by atoms with Crippen LogP contribution in [0.3, 0.4) is 0 Å². The van der Waals surface area contributed by atoms with Crippen molar-refractivity contribution in [1.29, 1.82) is 0 Å². The molecule has 0 aromatic heterocycles. The topological polar surface area (TPSA) is 48.9 Å². The van der Waals surface area contributed by atoms with Crippen LogP contribution in [0.2, 0.25) is 0 Å². The van der Waals surface area contributed by atoms with Crippen molar-refractivity contribution >= 4 is 35.6 Å². The van der Waals surface area contributed by atoms with E-state index in [0.29, 0.717) is 12.6 Å². The van der Waals surface area contributed by atoms with E-state index in [1.54, 1.807) is 0 Å². The Kier molecular flexibility index (Phi) is 12.5. The van der Waals surface area contributed by atoms with E-state index in [0.717, 1.165) is 38.8 Å². The highest BCUT2D eigenvalue weighted by molar-refractivity contribution is 14.0. The quantitative estimate of drug-likeness (QED) is 0.237. The third-order valence-corrected chi connectivity index (χ3v) is 4.72. The summed E-state index contributed by atoms with van der Waals surface area (Å²) < 4.78 is 5.49. The number of benzene rings is 1. The minimum absolute atomic E-state index is 0. The second kappa shape index (κ2) is 14.0. The molecule has 154 valence electrons. The number of morpholine rings is 1. The number of nitrogens with zero attached hydrogens (tertiary/aromatic N) is 2. The number of para-hydroxylation sites is 1. The number of rotatable bonds is 9. The molecule has 0 radical (unpaired) electrons. The maximum atomic E-state index is 5.49. The fourth-order valence-electron chi connectivity index (χ4n) is 3.25. The molecule has 0 aliphatic carbocycles. The average Bonchev–Trinajstić information content (AvgIpc) is 2.67. The molecule has 1 aliphatic heterocycles. The Hall–Kier alpha value is -1.02. The normalized spacial score (nSPS) is 15.8. The summed E-state index contributed by atoms with van der Waals surface area (Å²) in [4.78, 5) is 7.25. The zero-order valence-electron chi connectivity index (χ0n) is 17.2. The number of halogens is 1. The molecule has 0 spiro atoms. The van der Waals surface area contributed by atoms with E-state index in [-0.39, 0.29) is 24.0 Å². The third-order valence-electron chi connectivity index (χ3n) is 4.72. The molecule has 1 saturated heterocycles. The van der Waals surface area contributed by atoms with Gasteiger partial charge in [-0.05, 0) is 31.9 Å². The molecular formula is C21H37IN4O. The summed E-state index contributed by atoms with van der Waals surface area (Å²) in [6.45, 7) is 11.7. The first kappa shape index (κ1) is 24.0. The predicted molar refractivity (Wildman–Crippen MR) is 126 cm³/mol. The van der Waals surface area contributed by atoms with Gasteiger partial charge in [-0.3, -0.25) is 0 Å². The number of unbranched alkanes of at least 4 members (excludes halogenated alkanes) is 2. The molecule has 5 nitrogen and oxygen atoms in total. The number of hydrogen-bond donors (Lipinski definition) is 2. The number of guanidine groups is 1. The lowest BCUT2D eigenvalue weighted by Crippen LogP contribution is -2.42. The van der Waals surface area contributed by atoms with Crippen LogP contribution in [0.5, 0.6) is 0 Å². The summed E-state index contributed by atoms with van der Waals surface area (Å²) in [7, 11) is 0. The maximum Gasteiger partial charge on any atom is 0.191 e. The summed E-state index contributed by atoms with van der Waals surface area (Å²) in [6, 6.07) is 9.03. The third kappa shape index (κ3) is 8.68. The number of ether oxygens (including phenoxy) is 1. The van der Waals surface area contributed by atoms with Gasteiger partial charge in [-0.2, -0.15) is 0 Å². The standard InChI is InChI=1S/C21H36N4O.HI/c1-4-6-7-10-18(3)24-21(22-5-2)23-17-19-11-8-9-12-20(19)25-13-15-26-16-14-25;/h8-9,11-12,18H,4-7,10,13-17H2,1-3H3,(H2,22,23,24);1H. The van der Waals surface area contributed by atoms with Crippen LogP contribution in [0, 0.1) is 0 Å². The zero-order chi connectivity index (χ0) is 18.6. The van der Waals surface area contributed by atoms with Crippen molar-refractivity contribution in [3.05, 3.63) is 29.8 Å². The molecule has 1 aliphatic rings. The van der Waals surface area contributed by atoms with Crippen LogP contribution in [-0.4, -0.2) is 44.8 Å². The van der Waals surface area contributed by atoms with Gasteiger partial charge < -0.3 is 20.3 Å². The average molecular weight is 488 g/mol. The van der Waals surface area contributed by atoms with E-state index >= 15 is 0 Å². The van der Waals surface area contributed by atoms with Crippen molar-refractivity contribution in [2.75, 3.05) is 37.7 Å². The summed E-state index contributed by atoms with van der Waals surface area (Å²) in [6.07, 6.45) is 5.01. The minimum Gasteiger partial charge on any atom is -0.378 e. The van der Waals surface area contributed by atoms with Crippen molar-refractivity contribution < 1.29 is 4.74 Å². The van der Waals surface area contributed by atoms with Crippen LogP contribution >= 0.6 is 24.0 Å². The Bertz CT molecular complexity index is 547. The Labute approximate surface area is 182 Å². The summed E-state index contributed by atoms with van der Waals surface area (Å²) in [5.41, 5.74) is 2.55. The molecule has 2 rings (SSSR count). The van der Waals surface area contributed by atoms with Gasteiger partial charge in [-0.15, -0.1) is 24.0 Å². The van der Waals surface area contributed by atoms with Crippen molar-refractivity contribution in [3.8, 4) is 0 Å². The van der Waals surface area contributed by atoms with E-state index < -0.39 is 0 Å². The van der Waals surface area contributed by atoms with Crippen LogP contribution in [-0.2, 0) is 11.3 Å². The fraction of sp³-hybridized carbons (Fsp3) is 0.667. The van der Waals surface area contributed by atoms with Gasteiger partial charge in [0.2, 0.25) is 0 Å². The molecule has 1 aromatic rings. The SMILES string of the molecule is CCCCCC(C)NC(=NCc1ccccc1N1CCOCC1)NCC.I. The molecule has 2 N–H and O–H groups in total. The van der Waals surface area contributed by atoms with Crippen molar-refractivity contribution in [2.45, 2.75) is 59.0 Å². The van der Waals surface area contributed by atoms with Gasteiger partial charge in [-0.25, -0.2) is 4.99 Å². The lowest BCUT2D eigenvalue weighted by molar-refractivity contribution is 0.122. The van der Waals surface area contributed by atoms with Crippen LogP contribution in [0.1, 0.15) is 52.0 Å². The molecule has 1 aromatic carbocycles. The van der Waals surface area contributed by atoms with Crippen molar-refractivity contribution in [1.82, 2.24) is 10.6 Å². The molecule has 1 heterocycles. The number of hydrogen-bond acceptors (Lipinski definition) is 3. The predicted octanol–water partition coefficient (Wildman–Crippen LogP) is 4.17. The Balaban J connectivity index is 0.00000364. The Morgan fingerprint density at radius 2 is 1.93 bits per heavy atom. The molecule has 1 unspecified atom stereocenters. The largest absolute Gasteiger partial charge is 0.378 e. The highest BCUT2D eigenvalue weighted by Crippen LogP contribution is 2.22. The van der Waals surface area contributed by atoms with E-state index in [2.05, 4.69) is 60.6 Å². The second-order valence-electron chi connectivity index (χ2n) is 6.96. The second-order valence-corrected chi connectivity index (χ2v) is 6.96. The van der Waals surface area contributed by atoms with Crippen LogP contribution in [0.25, 0.3) is 0 Å². The van der Waals surface area contributed by atoms with Gasteiger partial charge >= 0.3 is 0 Å². The smallest absolute Gasteiger partial charge is 0.191 e. The number of anilines is 1. The molecule has 1 fully saturated rings. The maximum absolute atomic E-state index is 5.49. The number of aliphatic imine (C=N–C) groups is 1. The van der Waals surface area contributed by atoms with Crippen molar-refractivity contribution in [3.63, 3.8) is 0 Å². The molecule has 0 bridgehead atoms. The molecule has 0 amide bonds. The Morgan fingerprint density at radius 1 is 1.19 bits per heavy atom. The lowest BCUT2D eigenvalue weighted by Gasteiger charge is -2.30. The highest BCUT2D eigenvalue weighted by Gasteiger charge is 2.14. The number of nitrogens with one attached hydrogen (secondary N) is 2. The van der Waals surface area contributed by atoms with Crippen molar-refractivity contribution in [2.24, 2.45) is 4.99 Å². The molecule has 0 saturated carbocycles. The van der Waals surface area contributed by atoms with Gasteiger partial charge in [0.25, 0.3) is 0 Å². The van der Waals surface area contributed by atoms with E-state index in [4.69, 9.17) is 9.73 Å². The minimum atomic E-state index is 0. The van der Waals surface area contributed by atoms with Gasteiger partial charge in [-0.1, -0.05) is 44.4 Å². The van der Waals surface area contributed by atoms with E-state index in [9.17, 15) is 0 Å². The molecular weight excluding hydrogens is 451 g/mol. The van der Waals surface area contributed by atoms with Gasteiger partial charge in [0.1, 0.15) is 0 Å². The monoisotopic (exact) mass is 488 g/mol. The first-order chi connectivity index (χ1) is 12.7. The van der Waals surface area contributed by atoms with Crippen LogP contribution in [0.15, 0.2) is 29.3 Å². The molecule has 6 heteroatoms. The van der Waals surface area contributed by atoms with Crippen LogP contribution in [0.4, 0.5) is 5.69 Å². The zero-order valence-corrected chi connectivity index (χ0v) is 19.5. The van der Waals surface area contributed by atoms with Gasteiger partial charge in [0.15, 0.2) is 5.96 Å². The highest BCUT2D eigenvalue weighted by atomic mass is 127. The van der Waals surface area contributed by atoms with E-state index in [1.807, 2.05) is 0 Å². The first-order valence-corrected chi connectivity index (χ1v) is 10.2. The molecule has 1 atom stereocenters. The van der Waals surface area contributed by atoms with E-state index in [1.165, 1.54) is 36.9 Å². The summed E-state index contributed by atoms with van der Waals surface area (Å²) in [5.74, 6) is 0.910. The first-order valence-electron chi connectivity index (χ1n) is 10.2. The lowest BCUT2D eigenvalue weighted by atomic mass is 10.1. The summed E-state index contributed by atoms with van der Waals surface area (Å²) in [5, 5.41) is 6.93. The molecule has 27 heavy (non-hydrogen) atoms. The van der Waals surface area contributed by atoms with Gasteiger partial charge in [0, 0.05) is 31.4 Å². The van der Waals surface area contributed by atoms with Gasteiger partial charge in [0.05, 0.1) is 19.8 Å². The Morgan fingerprint density at radius 3 is 2.63 bits per heavy atom. The summed E-state index contributed by atoms with van der Waals surface area (Å²) >= 11 is 0. The van der Waals surface area contributed by atoms with Crippen LogP contribution < -0.4 is 15.5 Å².